The summed E-state index contributed by atoms with van der Waals surface area (Å²) in [4.78, 5) is 8.62. The number of imidazole rings is 1. The second kappa shape index (κ2) is 6.75. The molecule has 4 rings (SSSR count). The molecule has 0 unspecified atom stereocenters. The predicted octanol–water partition coefficient (Wildman–Crippen LogP) is 2.39. The summed E-state index contributed by atoms with van der Waals surface area (Å²) in [5.74, 6) is -0.279. The second-order valence-corrected chi connectivity index (χ2v) is 8.35. The van der Waals surface area contributed by atoms with Crippen molar-refractivity contribution >= 4 is 32.6 Å². The number of anilines is 2. The largest absolute Gasteiger partial charge is 0.335 e. The van der Waals surface area contributed by atoms with Gasteiger partial charge in [0, 0.05) is 25.2 Å². The number of fused-ring (bicyclic) bond motifs is 1. The van der Waals surface area contributed by atoms with E-state index in [1.54, 1.807) is 12.4 Å². The number of nitrogens with one attached hydrogen (secondary N) is 2. The van der Waals surface area contributed by atoms with Crippen LogP contribution in [0.3, 0.4) is 0 Å². The fraction of sp³-hybridized carbons (Fsp3) is 0.222. The van der Waals surface area contributed by atoms with Crippen molar-refractivity contribution in [3.05, 3.63) is 54.4 Å². The van der Waals surface area contributed by atoms with Gasteiger partial charge in [-0.1, -0.05) is 6.08 Å². The molecule has 9 heteroatoms. The number of hydrogen-bond donors (Lipinski definition) is 2. The molecule has 0 bridgehead atoms. The maximum atomic E-state index is 14.4. The maximum absolute atomic E-state index is 14.4. The Balaban J connectivity index is 1.71. The lowest BCUT2D eigenvalue weighted by atomic mass is 10.1. The van der Waals surface area contributed by atoms with Crippen molar-refractivity contribution in [1.82, 2.24) is 19.7 Å². The summed E-state index contributed by atoms with van der Waals surface area (Å²) in [6, 6.07) is 3.74. The van der Waals surface area contributed by atoms with Gasteiger partial charge in [-0.3, -0.25) is 4.40 Å². The number of hydrogen-bond acceptors (Lipinski definition) is 6. The molecule has 0 aliphatic carbocycles. The zero-order valence-corrected chi connectivity index (χ0v) is 15.4. The van der Waals surface area contributed by atoms with E-state index in [0.29, 0.717) is 11.5 Å². The first-order valence-corrected chi connectivity index (χ1v) is 10.3. The molecule has 3 aromatic rings. The third kappa shape index (κ3) is 3.43. The van der Waals surface area contributed by atoms with E-state index in [9.17, 15) is 12.8 Å². The molecule has 0 fully saturated rings. The van der Waals surface area contributed by atoms with Crippen LogP contribution in [-0.4, -0.2) is 42.1 Å². The Morgan fingerprint density at radius 2 is 2.15 bits per heavy atom. The average molecular weight is 387 g/mol. The molecule has 2 N–H and O–H groups in total. The van der Waals surface area contributed by atoms with E-state index in [0.717, 1.165) is 37.5 Å². The van der Waals surface area contributed by atoms with Gasteiger partial charge in [0.2, 0.25) is 0 Å². The number of benzene rings is 1. The van der Waals surface area contributed by atoms with Gasteiger partial charge in [0.15, 0.2) is 21.3 Å². The third-order valence-corrected chi connectivity index (χ3v) is 5.55. The normalized spacial score (nSPS) is 15.0. The lowest BCUT2D eigenvalue weighted by molar-refractivity contribution is 0.596. The minimum Gasteiger partial charge on any atom is -0.335 e. The highest BCUT2D eigenvalue weighted by Crippen LogP contribution is 2.26. The Morgan fingerprint density at radius 1 is 1.30 bits per heavy atom. The van der Waals surface area contributed by atoms with E-state index in [-0.39, 0.29) is 10.6 Å². The van der Waals surface area contributed by atoms with Crippen LogP contribution in [-0.2, 0) is 9.84 Å². The van der Waals surface area contributed by atoms with Crippen molar-refractivity contribution < 1.29 is 12.8 Å². The van der Waals surface area contributed by atoms with Crippen molar-refractivity contribution in [3.8, 4) is 0 Å². The molecule has 3 heterocycles. The van der Waals surface area contributed by atoms with E-state index >= 15 is 0 Å². The molecule has 2 aromatic heterocycles. The van der Waals surface area contributed by atoms with Crippen LogP contribution >= 0.6 is 0 Å². The third-order valence-electron chi connectivity index (χ3n) is 4.44. The molecule has 0 saturated heterocycles. The molecule has 0 radical (unpaired) electrons. The highest BCUT2D eigenvalue weighted by atomic mass is 32.2. The first-order valence-electron chi connectivity index (χ1n) is 8.42. The lowest BCUT2D eigenvalue weighted by Gasteiger charge is -2.14. The Labute approximate surface area is 155 Å². The zero-order valence-electron chi connectivity index (χ0n) is 14.6. The van der Waals surface area contributed by atoms with E-state index in [2.05, 4.69) is 26.7 Å². The quantitative estimate of drug-likeness (QED) is 0.715. The molecule has 0 saturated carbocycles. The minimum atomic E-state index is -3.47. The second-order valence-electron chi connectivity index (χ2n) is 6.34. The zero-order chi connectivity index (χ0) is 19.0. The highest BCUT2D eigenvalue weighted by molar-refractivity contribution is 7.90. The molecule has 140 valence electrons. The van der Waals surface area contributed by atoms with Gasteiger partial charge in [-0.05, 0) is 36.7 Å². The molecular weight excluding hydrogens is 369 g/mol. The van der Waals surface area contributed by atoms with Gasteiger partial charge in [-0.15, -0.1) is 0 Å². The minimum absolute atomic E-state index is 0.0716. The number of rotatable bonds is 4. The van der Waals surface area contributed by atoms with Gasteiger partial charge in [0.1, 0.15) is 5.82 Å². The Morgan fingerprint density at radius 3 is 2.85 bits per heavy atom. The van der Waals surface area contributed by atoms with Crippen LogP contribution in [0.4, 0.5) is 15.9 Å². The van der Waals surface area contributed by atoms with E-state index < -0.39 is 15.7 Å². The number of halogens is 1. The first kappa shape index (κ1) is 17.6. The maximum Gasteiger partial charge on any atom is 0.180 e. The van der Waals surface area contributed by atoms with Crippen LogP contribution in [0.5, 0.6) is 0 Å². The fourth-order valence-electron chi connectivity index (χ4n) is 3.06. The van der Waals surface area contributed by atoms with Crippen molar-refractivity contribution in [3.63, 3.8) is 0 Å². The van der Waals surface area contributed by atoms with Gasteiger partial charge < -0.3 is 10.6 Å². The van der Waals surface area contributed by atoms with Gasteiger partial charge in [-0.25, -0.2) is 22.8 Å². The van der Waals surface area contributed by atoms with E-state index in [1.807, 2.05) is 10.6 Å². The summed E-state index contributed by atoms with van der Waals surface area (Å²) >= 11 is 0. The van der Waals surface area contributed by atoms with Gasteiger partial charge in [0.05, 0.1) is 22.5 Å². The molecule has 1 aliphatic rings. The Kier molecular flexibility index (Phi) is 4.40. The van der Waals surface area contributed by atoms with E-state index in [4.69, 9.17) is 0 Å². The number of aromatic nitrogens is 3. The van der Waals surface area contributed by atoms with Crippen LogP contribution in [0, 0.1) is 5.82 Å². The summed E-state index contributed by atoms with van der Waals surface area (Å²) in [7, 11) is -3.47. The van der Waals surface area contributed by atoms with Crippen molar-refractivity contribution in [2.24, 2.45) is 0 Å². The summed E-state index contributed by atoms with van der Waals surface area (Å²) < 4.78 is 39.4. The molecule has 27 heavy (non-hydrogen) atoms. The van der Waals surface area contributed by atoms with Crippen molar-refractivity contribution in [2.45, 2.75) is 11.3 Å². The number of nitrogens with zero attached hydrogens (tertiary/aromatic N) is 3. The molecule has 0 amide bonds. The first-order chi connectivity index (χ1) is 12.9. The highest BCUT2D eigenvalue weighted by Gasteiger charge is 2.16. The molecule has 1 aromatic carbocycles. The lowest BCUT2D eigenvalue weighted by Crippen LogP contribution is -2.20. The summed E-state index contributed by atoms with van der Waals surface area (Å²) in [5.41, 5.74) is 2.87. The monoisotopic (exact) mass is 387 g/mol. The van der Waals surface area contributed by atoms with Crippen LogP contribution in [0.25, 0.3) is 11.2 Å². The van der Waals surface area contributed by atoms with Gasteiger partial charge in [-0.2, -0.15) is 0 Å². The topological polar surface area (TPSA) is 88.4 Å². The summed E-state index contributed by atoms with van der Waals surface area (Å²) in [6.45, 7) is 1.73. The van der Waals surface area contributed by atoms with Crippen molar-refractivity contribution in [2.75, 3.05) is 24.7 Å². The van der Waals surface area contributed by atoms with Crippen LogP contribution in [0.2, 0.25) is 0 Å². The molecule has 1 aliphatic heterocycles. The van der Waals surface area contributed by atoms with Crippen LogP contribution in [0.1, 0.15) is 12.1 Å². The predicted molar refractivity (Wildman–Crippen MR) is 101 cm³/mol. The molecule has 7 nitrogen and oxygen atoms in total. The Hall–Kier alpha value is -2.78. The molecule has 0 spiro atoms. The average Bonchev–Trinajstić information content (AvgIpc) is 3.08. The molecular formula is C18H18FN5O2S. The van der Waals surface area contributed by atoms with Crippen LogP contribution < -0.4 is 10.6 Å². The van der Waals surface area contributed by atoms with Gasteiger partial charge in [0.25, 0.3) is 0 Å². The summed E-state index contributed by atoms with van der Waals surface area (Å²) in [5, 5.41) is 6.19. The Bertz CT molecular complexity index is 1150. The summed E-state index contributed by atoms with van der Waals surface area (Å²) in [6.07, 6.45) is 9.28. The van der Waals surface area contributed by atoms with Gasteiger partial charge >= 0.3 is 0 Å². The standard InChI is InChI=1S/C18H18FN5O2S/c1-27(25,26)13-2-3-15(14(19)10-13)23-17-18-22-11-16(24(18)9-8-21-17)12-4-6-20-7-5-12/h2-4,8-11,20H,5-7H2,1H3,(H,21,23). The SMILES string of the molecule is CS(=O)(=O)c1ccc(Nc2nccn3c(C4=CCNCC4)cnc23)c(F)c1. The van der Waals surface area contributed by atoms with E-state index in [1.165, 1.54) is 17.7 Å². The van der Waals surface area contributed by atoms with Crippen molar-refractivity contribution in [1.29, 1.82) is 0 Å². The fourth-order valence-corrected chi connectivity index (χ4v) is 3.69. The number of sulfone groups is 1. The van der Waals surface area contributed by atoms with Crippen LogP contribution in [0.15, 0.2) is 47.8 Å². The smallest absolute Gasteiger partial charge is 0.180 e. The molecule has 0 atom stereocenters.